The van der Waals surface area contributed by atoms with Gasteiger partial charge in [-0.05, 0) is 56.4 Å². The van der Waals surface area contributed by atoms with Crippen LogP contribution in [-0.2, 0) is 4.79 Å². The van der Waals surface area contributed by atoms with Crippen molar-refractivity contribution in [2.75, 3.05) is 26.2 Å². The summed E-state index contributed by atoms with van der Waals surface area (Å²) >= 11 is 0. The zero-order valence-corrected chi connectivity index (χ0v) is 18.8. The Morgan fingerprint density at radius 3 is 2.30 bits per heavy atom. The van der Waals surface area contributed by atoms with Crippen LogP contribution in [0.3, 0.4) is 0 Å². The number of nitrogens with zero attached hydrogens (tertiary/aromatic N) is 5. The molecule has 3 aromatic rings. The van der Waals surface area contributed by atoms with Crippen LogP contribution >= 0.6 is 0 Å². The van der Waals surface area contributed by atoms with Gasteiger partial charge in [0.1, 0.15) is 5.69 Å². The van der Waals surface area contributed by atoms with E-state index in [2.05, 4.69) is 4.98 Å². The molecule has 2 aromatic heterocycles. The molecule has 5 rings (SSSR count). The number of aromatic nitrogens is 3. The Morgan fingerprint density at radius 2 is 1.61 bits per heavy atom. The third-order valence-electron chi connectivity index (χ3n) is 6.70. The zero-order valence-electron chi connectivity index (χ0n) is 18.8. The van der Waals surface area contributed by atoms with Gasteiger partial charge in [0.05, 0.1) is 11.3 Å². The van der Waals surface area contributed by atoms with E-state index in [9.17, 15) is 9.59 Å². The van der Waals surface area contributed by atoms with Gasteiger partial charge in [-0.3, -0.25) is 14.6 Å². The van der Waals surface area contributed by atoms with Gasteiger partial charge in [0, 0.05) is 56.3 Å². The Morgan fingerprint density at radius 1 is 0.848 bits per heavy atom. The van der Waals surface area contributed by atoms with Crippen LogP contribution in [0.15, 0.2) is 61.1 Å². The maximum atomic E-state index is 13.6. The molecule has 7 heteroatoms. The fourth-order valence-corrected chi connectivity index (χ4v) is 4.83. The van der Waals surface area contributed by atoms with Crippen molar-refractivity contribution in [2.45, 2.75) is 32.1 Å². The lowest BCUT2D eigenvalue weighted by atomic mass is 9.94. The first-order valence-corrected chi connectivity index (χ1v) is 11.8. The second kappa shape index (κ2) is 9.57. The van der Waals surface area contributed by atoms with Crippen molar-refractivity contribution in [1.82, 2.24) is 24.6 Å². The van der Waals surface area contributed by atoms with Crippen LogP contribution in [0.4, 0.5) is 0 Å². The highest BCUT2D eigenvalue weighted by atomic mass is 16.2. The topological polar surface area (TPSA) is 71.3 Å². The molecule has 0 bridgehead atoms. The maximum Gasteiger partial charge on any atom is 0.257 e. The van der Waals surface area contributed by atoms with Crippen LogP contribution in [0.2, 0.25) is 0 Å². The molecule has 7 nitrogen and oxygen atoms in total. The van der Waals surface area contributed by atoms with Gasteiger partial charge in [-0.25, -0.2) is 4.68 Å². The van der Waals surface area contributed by atoms with Crippen molar-refractivity contribution >= 4 is 11.8 Å². The van der Waals surface area contributed by atoms with Crippen molar-refractivity contribution < 1.29 is 9.59 Å². The van der Waals surface area contributed by atoms with Gasteiger partial charge in [-0.15, -0.1) is 0 Å². The monoisotopic (exact) mass is 443 g/mol. The van der Waals surface area contributed by atoms with Crippen LogP contribution in [0, 0.1) is 5.92 Å². The average molecular weight is 444 g/mol. The first-order chi connectivity index (χ1) is 16.2. The van der Waals surface area contributed by atoms with Gasteiger partial charge >= 0.3 is 0 Å². The number of pyridine rings is 1. The van der Waals surface area contributed by atoms with Crippen LogP contribution in [-0.4, -0.2) is 62.6 Å². The number of rotatable bonds is 4. The molecule has 0 unspecified atom stereocenters. The molecule has 0 atom stereocenters. The van der Waals surface area contributed by atoms with E-state index in [4.69, 9.17) is 5.10 Å². The fourth-order valence-electron chi connectivity index (χ4n) is 4.83. The Kier molecular flexibility index (Phi) is 6.19. The van der Waals surface area contributed by atoms with E-state index in [0.717, 1.165) is 50.0 Å². The summed E-state index contributed by atoms with van der Waals surface area (Å²) in [7, 11) is 0. The summed E-state index contributed by atoms with van der Waals surface area (Å²) in [5.74, 6) is 0.256. The Bertz CT molecular complexity index is 1100. The van der Waals surface area contributed by atoms with Crippen molar-refractivity contribution in [3.63, 3.8) is 0 Å². The molecule has 170 valence electrons. The molecule has 2 saturated heterocycles. The normalized spacial score (nSPS) is 17.2. The molecule has 0 saturated carbocycles. The Labute approximate surface area is 194 Å². The minimum Gasteiger partial charge on any atom is -0.342 e. The van der Waals surface area contributed by atoms with Crippen molar-refractivity contribution in [1.29, 1.82) is 0 Å². The maximum absolute atomic E-state index is 13.6. The summed E-state index contributed by atoms with van der Waals surface area (Å²) in [5.41, 5.74) is 2.90. The minimum absolute atomic E-state index is 0.0250. The lowest BCUT2D eigenvalue weighted by molar-refractivity contribution is -0.137. The molecule has 2 fully saturated rings. The van der Waals surface area contributed by atoms with Crippen LogP contribution in [0.25, 0.3) is 16.9 Å². The summed E-state index contributed by atoms with van der Waals surface area (Å²) in [5, 5.41) is 4.74. The molecular weight excluding hydrogens is 414 g/mol. The number of hydrogen-bond donors (Lipinski definition) is 0. The van der Waals surface area contributed by atoms with Crippen molar-refractivity contribution in [3.05, 3.63) is 66.6 Å². The molecule has 0 radical (unpaired) electrons. The van der Waals surface area contributed by atoms with Gasteiger partial charge in [-0.2, -0.15) is 5.10 Å². The molecule has 0 spiro atoms. The van der Waals surface area contributed by atoms with Crippen LogP contribution < -0.4 is 0 Å². The third-order valence-corrected chi connectivity index (χ3v) is 6.70. The molecule has 0 N–H and O–H groups in total. The molecule has 2 aliphatic rings. The van der Waals surface area contributed by atoms with Crippen LogP contribution in [0.1, 0.15) is 42.5 Å². The number of para-hydroxylation sites is 1. The van der Waals surface area contributed by atoms with E-state index < -0.39 is 0 Å². The number of likely N-dealkylation sites (tertiary alicyclic amines) is 2. The van der Waals surface area contributed by atoms with E-state index in [-0.39, 0.29) is 17.7 Å². The molecule has 2 amide bonds. The van der Waals surface area contributed by atoms with Gasteiger partial charge in [-0.1, -0.05) is 18.2 Å². The standard InChI is InChI=1S/C26H29N5O2/c32-25(29-14-5-2-6-15-29)20-11-16-30(17-12-20)26(33)23-19-31(22-9-3-1-4-10-22)28-24(23)21-8-7-13-27-18-21/h1,3-4,7-10,13,18-20H,2,5-6,11-12,14-17H2. The number of amides is 2. The second-order valence-corrected chi connectivity index (χ2v) is 8.87. The summed E-state index contributed by atoms with van der Waals surface area (Å²) in [6.45, 7) is 2.94. The molecule has 2 aliphatic heterocycles. The summed E-state index contributed by atoms with van der Waals surface area (Å²) in [6, 6.07) is 13.6. The number of hydrogen-bond acceptors (Lipinski definition) is 4. The average Bonchev–Trinajstić information content (AvgIpc) is 3.35. The minimum atomic E-state index is -0.0418. The number of carbonyl (C=O) groups excluding carboxylic acids is 2. The van der Waals surface area contributed by atoms with Crippen LogP contribution in [0.5, 0.6) is 0 Å². The summed E-state index contributed by atoms with van der Waals surface area (Å²) in [4.78, 5) is 34.6. The van der Waals surface area contributed by atoms with Crippen molar-refractivity contribution in [2.24, 2.45) is 5.92 Å². The highest BCUT2D eigenvalue weighted by Gasteiger charge is 2.32. The molecule has 0 aliphatic carbocycles. The van der Waals surface area contributed by atoms with E-state index in [0.29, 0.717) is 24.3 Å². The quantitative estimate of drug-likeness (QED) is 0.615. The van der Waals surface area contributed by atoms with E-state index in [1.807, 2.05) is 58.5 Å². The van der Waals surface area contributed by atoms with Gasteiger partial charge in [0.2, 0.25) is 5.91 Å². The molecule has 4 heterocycles. The van der Waals surface area contributed by atoms with E-state index in [1.165, 1.54) is 6.42 Å². The van der Waals surface area contributed by atoms with Gasteiger partial charge in [0.15, 0.2) is 0 Å². The largest absolute Gasteiger partial charge is 0.342 e. The SMILES string of the molecule is O=C(c1cn(-c2ccccc2)nc1-c1cccnc1)N1CCC(C(=O)N2CCCCC2)CC1. The molecular formula is C26H29N5O2. The van der Waals surface area contributed by atoms with Gasteiger partial charge < -0.3 is 9.80 Å². The number of piperidine rings is 2. The highest BCUT2D eigenvalue weighted by molar-refractivity contribution is 6.00. The zero-order chi connectivity index (χ0) is 22.6. The second-order valence-electron chi connectivity index (χ2n) is 8.87. The van der Waals surface area contributed by atoms with E-state index in [1.54, 1.807) is 17.1 Å². The number of carbonyl (C=O) groups is 2. The molecule has 1 aromatic carbocycles. The summed E-state index contributed by atoms with van der Waals surface area (Å²) < 4.78 is 1.75. The number of benzene rings is 1. The van der Waals surface area contributed by atoms with Gasteiger partial charge in [0.25, 0.3) is 5.91 Å². The van der Waals surface area contributed by atoms with E-state index >= 15 is 0 Å². The third kappa shape index (κ3) is 4.53. The highest BCUT2D eigenvalue weighted by Crippen LogP contribution is 2.27. The Balaban J connectivity index is 1.35. The lowest BCUT2D eigenvalue weighted by Gasteiger charge is -2.35. The predicted octanol–water partition coefficient (Wildman–Crippen LogP) is 3.80. The predicted molar refractivity (Wildman–Crippen MR) is 126 cm³/mol. The first kappa shape index (κ1) is 21.4. The first-order valence-electron chi connectivity index (χ1n) is 11.8. The smallest absolute Gasteiger partial charge is 0.257 e. The van der Waals surface area contributed by atoms with Crippen molar-refractivity contribution in [3.8, 4) is 16.9 Å². The summed E-state index contributed by atoms with van der Waals surface area (Å²) in [6.07, 6.45) is 10.1. The Hall–Kier alpha value is -3.48. The molecule has 33 heavy (non-hydrogen) atoms. The fraction of sp³-hybridized carbons (Fsp3) is 0.385. The lowest BCUT2D eigenvalue weighted by Crippen LogP contribution is -2.45.